The minimum Gasteiger partial charge on any atom is -0.465 e. The zero-order chi connectivity index (χ0) is 9.68. The molecule has 4 nitrogen and oxygen atoms in total. The summed E-state index contributed by atoms with van der Waals surface area (Å²) in [4.78, 5) is 16.0. The molecule has 0 aromatic carbocycles. The normalized spacial score (nSPS) is 12.5. The number of ether oxygens (including phenoxy) is 1. The number of thiazole rings is 1. The van der Waals surface area contributed by atoms with Crippen LogP contribution < -0.4 is 5.73 Å². The lowest BCUT2D eigenvalue weighted by Crippen LogP contribution is -2.34. The van der Waals surface area contributed by atoms with Crippen LogP contribution in [0.4, 0.5) is 0 Å². The maximum Gasteiger partial charge on any atom is 0.323 e. The Balaban J connectivity index is 2.41. The molecule has 1 unspecified atom stereocenters. The predicted molar refractivity (Wildman–Crippen MR) is 50.4 cm³/mol. The summed E-state index contributed by atoms with van der Waals surface area (Å²) in [7, 11) is 0. The number of carbonyl (C=O) groups is 1. The number of hydrogen-bond acceptors (Lipinski definition) is 5. The van der Waals surface area contributed by atoms with Gasteiger partial charge < -0.3 is 10.5 Å². The molecule has 0 radical (unpaired) electrons. The lowest BCUT2D eigenvalue weighted by atomic mass is 10.2. The molecule has 0 aliphatic rings. The fourth-order valence-electron chi connectivity index (χ4n) is 0.892. The van der Waals surface area contributed by atoms with Gasteiger partial charge >= 0.3 is 5.97 Å². The van der Waals surface area contributed by atoms with Gasteiger partial charge in [-0.2, -0.15) is 0 Å². The molecule has 5 heteroatoms. The van der Waals surface area contributed by atoms with Crippen LogP contribution >= 0.6 is 11.3 Å². The van der Waals surface area contributed by atoms with E-state index in [0.29, 0.717) is 13.0 Å². The van der Waals surface area contributed by atoms with Crippen molar-refractivity contribution in [3.05, 3.63) is 16.6 Å². The quantitative estimate of drug-likeness (QED) is 0.722. The molecule has 0 spiro atoms. The maximum absolute atomic E-state index is 11.1. The molecule has 1 atom stereocenters. The lowest BCUT2D eigenvalue weighted by Gasteiger charge is -2.08. The minimum atomic E-state index is -0.569. The molecule has 0 bridgehead atoms. The van der Waals surface area contributed by atoms with Crippen LogP contribution in [0.3, 0.4) is 0 Å². The second-order valence-corrected chi connectivity index (χ2v) is 3.50. The molecule has 0 saturated heterocycles. The second-order valence-electron chi connectivity index (χ2n) is 2.53. The Morgan fingerprint density at radius 2 is 2.62 bits per heavy atom. The smallest absolute Gasteiger partial charge is 0.323 e. The van der Waals surface area contributed by atoms with E-state index >= 15 is 0 Å². The molecule has 72 valence electrons. The van der Waals surface area contributed by atoms with Crippen LogP contribution in [0.2, 0.25) is 0 Å². The topological polar surface area (TPSA) is 65.2 Å². The van der Waals surface area contributed by atoms with Crippen molar-refractivity contribution < 1.29 is 9.53 Å². The van der Waals surface area contributed by atoms with Gasteiger partial charge in [-0.25, -0.2) is 0 Å². The molecule has 1 aromatic heterocycles. The third-order valence-electron chi connectivity index (χ3n) is 1.49. The number of nitrogens with two attached hydrogens (primary N) is 1. The van der Waals surface area contributed by atoms with Crippen molar-refractivity contribution >= 4 is 17.3 Å². The summed E-state index contributed by atoms with van der Waals surface area (Å²) < 4.78 is 4.77. The van der Waals surface area contributed by atoms with Crippen LogP contribution in [0.25, 0.3) is 0 Å². The zero-order valence-electron chi connectivity index (χ0n) is 7.40. The summed E-state index contributed by atoms with van der Waals surface area (Å²) in [6.07, 6.45) is 2.22. The van der Waals surface area contributed by atoms with Crippen molar-refractivity contribution in [3.8, 4) is 0 Å². The van der Waals surface area contributed by atoms with Crippen molar-refractivity contribution in [2.24, 2.45) is 5.73 Å². The third kappa shape index (κ3) is 3.12. The minimum absolute atomic E-state index is 0.351. The zero-order valence-corrected chi connectivity index (χ0v) is 8.21. The average molecular weight is 200 g/mol. The van der Waals surface area contributed by atoms with E-state index in [0.717, 1.165) is 4.88 Å². The second kappa shape index (κ2) is 4.94. The Bertz CT molecular complexity index is 261. The Labute approximate surface area is 80.7 Å². The van der Waals surface area contributed by atoms with E-state index < -0.39 is 6.04 Å². The first-order valence-corrected chi connectivity index (χ1v) is 4.91. The van der Waals surface area contributed by atoms with Crippen LogP contribution in [0.15, 0.2) is 11.7 Å². The van der Waals surface area contributed by atoms with Gasteiger partial charge in [-0.3, -0.25) is 9.78 Å². The highest BCUT2D eigenvalue weighted by Gasteiger charge is 2.15. The molecule has 1 heterocycles. The van der Waals surface area contributed by atoms with Gasteiger partial charge in [0.15, 0.2) is 0 Å². The standard InChI is InChI=1S/C8H12N2O2S/c1-2-12-8(11)7(9)3-6-4-10-5-13-6/h4-5,7H,2-3,9H2,1H3. The van der Waals surface area contributed by atoms with Gasteiger partial charge in [0.1, 0.15) is 6.04 Å². The molecule has 0 fully saturated rings. The largest absolute Gasteiger partial charge is 0.465 e. The first-order valence-electron chi connectivity index (χ1n) is 4.03. The monoisotopic (exact) mass is 200 g/mol. The Kier molecular flexibility index (Phi) is 3.85. The Morgan fingerprint density at radius 3 is 3.15 bits per heavy atom. The molecule has 2 N–H and O–H groups in total. The van der Waals surface area contributed by atoms with E-state index in [1.54, 1.807) is 18.6 Å². The molecule has 13 heavy (non-hydrogen) atoms. The summed E-state index contributed by atoms with van der Waals surface area (Å²) >= 11 is 1.49. The van der Waals surface area contributed by atoms with Crippen molar-refractivity contribution in [2.45, 2.75) is 19.4 Å². The number of nitrogens with zero attached hydrogens (tertiary/aromatic N) is 1. The first kappa shape index (κ1) is 10.1. The molecule has 1 aromatic rings. The van der Waals surface area contributed by atoms with Gasteiger partial charge in [-0.05, 0) is 6.92 Å². The van der Waals surface area contributed by atoms with Gasteiger partial charge in [0.25, 0.3) is 0 Å². The molecule has 0 aliphatic heterocycles. The summed E-state index contributed by atoms with van der Waals surface area (Å²) in [5.74, 6) is -0.351. The molecule has 0 aliphatic carbocycles. The van der Waals surface area contributed by atoms with Gasteiger partial charge in [0.05, 0.1) is 12.1 Å². The molecule has 0 saturated carbocycles. The van der Waals surface area contributed by atoms with Crippen molar-refractivity contribution in [1.29, 1.82) is 0 Å². The Morgan fingerprint density at radius 1 is 1.85 bits per heavy atom. The summed E-state index contributed by atoms with van der Waals surface area (Å²) in [6.45, 7) is 2.13. The van der Waals surface area contributed by atoms with Crippen molar-refractivity contribution in [1.82, 2.24) is 4.98 Å². The fourth-order valence-corrected chi connectivity index (χ4v) is 1.55. The van der Waals surface area contributed by atoms with Crippen LogP contribution in [-0.4, -0.2) is 23.6 Å². The maximum atomic E-state index is 11.1. The molecule has 0 amide bonds. The van der Waals surface area contributed by atoms with Crippen LogP contribution in [0.5, 0.6) is 0 Å². The van der Waals surface area contributed by atoms with Crippen molar-refractivity contribution in [3.63, 3.8) is 0 Å². The van der Waals surface area contributed by atoms with Gasteiger partial charge in [0, 0.05) is 17.5 Å². The number of aromatic nitrogens is 1. The van der Waals surface area contributed by atoms with E-state index in [4.69, 9.17) is 10.5 Å². The van der Waals surface area contributed by atoms with Crippen LogP contribution in [0, 0.1) is 0 Å². The predicted octanol–water partition coefficient (Wildman–Crippen LogP) is 0.576. The molecular formula is C8H12N2O2S. The molecular weight excluding hydrogens is 188 g/mol. The van der Waals surface area contributed by atoms with E-state index in [2.05, 4.69) is 4.98 Å². The lowest BCUT2D eigenvalue weighted by molar-refractivity contribution is -0.144. The Hall–Kier alpha value is -0.940. The van der Waals surface area contributed by atoms with E-state index in [1.807, 2.05) is 0 Å². The number of carbonyl (C=O) groups excluding carboxylic acids is 1. The summed E-state index contributed by atoms with van der Waals surface area (Å²) in [5.41, 5.74) is 7.31. The number of hydrogen-bond donors (Lipinski definition) is 1. The number of esters is 1. The highest BCUT2D eigenvalue weighted by Crippen LogP contribution is 2.08. The summed E-state index contributed by atoms with van der Waals surface area (Å²) in [5, 5.41) is 0. The fraction of sp³-hybridized carbons (Fsp3) is 0.500. The SMILES string of the molecule is CCOC(=O)C(N)Cc1cncs1. The van der Waals surface area contributed by atoms with Gasteiger partial charge in [-0.15, -0.1) is 11.3 Å². The van der Waals surface area contributed by atoms with Crippen molar-refractivity contribution in [2.75, 3.05) is 6.61 Å². The highest BCUT2D eigenvalue weighted by molar-refractivity contribution is 7.09. The van der Waals surface area contributed by atoms with E-state index in [1.165, 1.54) is 11.3 Å². The average Bonchev–Trinajstić information content (AvgIpc) is 2.57. The van der Waals surface area contributed by atoms with E-state index in [9.17, 15) is 4.79 Å². The molecule has 1 rings (SSSR count). The first-order chi connectivity index (χ1) is 6.24. The highest BCUT2D eigenvalue weighted by atomic mass is 32.1. The van der Waals surface area contributed by atoms with Gasteiger partial charge in [0.2, 0.25) is 0 Å². The van der Waals surface area contributed by atoms with Crippen LogP contribution in [-0.2, 0) is 16.0 Å². The summed E-state index contributed by atoms with van der Waals surface area (Å²) in [6, 6.07) is -0.569. The van der Waals surface area contributed by atoms with Gasteiger partial charge in [-0.1, -0.05) is 0 Å². The van der Waals surface area contributed by atoms with E-state index in [-0.39, 0.29) is 5.97 Å². The van der Waals surface area contributed by atoms with Crippen LogP contribution in [0.1, 0.15) is 11.8 Å². The number of rotatable bonds is 4. The third-order valence-corrected chi connectivity index (χ3v) is 2.30.